The highest BCUT2D eigenvalue weighted by Gasteiger charge is 2.55. The van der Waals surface area contributed by atoms with E-state index in [0.29, 0.717) is 67.9 Å². The maximum atomic E-state index is 14.6. The number of aromatic nitrogens is 4. The lowest BCUT2D eigenvalue weighted by Crippen LogP contribution is -2.53. The van der Waals surface area contributed by atoms with Gasteiger partial charge in [-0.2, -0.15) is 9.57 Å². The molecule has 3 aliphatic rings. The minimum Gasteiger partial charge on any atom is -0.458 e. The molecule has 3 fully saturated rings. The molecule has 0 aromatic carbocycles. The van der Waals surface area contributed by atoms with Crippen LogP contribution in [0.5, 0.6) is 0 Å². The normalized spacial score (nSPS) is 18.3. The van der Waals surface area contributed by atoms with Crippen molar-refractivity contribution in [2.75, 3.05) is 51.0 Å². The summed E-state index contributed by atoms with van der Waals surface area (Å²) >= 11 is 0.654. The third-order valence-corrected chi connectivity index (χ3v) is 14.0. The fourth-order valence-corrected chi connectivity index (χ4v) is 9.27. The average molecular weight is 809 g/mol. The van der Waals surface area contributed by atoms with Crippen LogP contribution in [0.15, 0.2) is 23.4 Å². The number of halogens is 2. The van der Waals surface area contributed by atoms with E-state index in [0.717, 1.165) is 10.3 Å². The fraction of sp³-hybridized carbons (Fsp3) is 0.647. The smallest absolute Gasteiger partial charge is 0.332 e. The first-order valence-corrected chi connectivity index (χ1v) is 23.8. The molecule has 1 amide bonds. The molecule has 0 unspecified atom stereocenters. The lowest BCUT2D eigenvalue weighted by molar-refractivity contribution is -0.167. The quantitative estimate of drug-likeness (QED) is 0.0899. The number of alkyl halides is 2. The summed E-state index contributed by atoms with van der Waals surface area (Å²) in [6, 6.07) is 4.52. The maximum absolute atomic E-state index is 14.6. The van der Waals surface area contributed by atoms with Gasteiger partial charge in [0.1, 0.15) is 35.0 Å². The number of hydrogen-bond donors (Lipinski definition) is 0. The zero-order valence-electron chi connectivity index (χ0n) is 31.3. The molecule has 2 aliphatic carbocycles. The van der Waals surface area contributed by atoms with Crippen LogP contribution in [0, 0.1) is 11.3 Å². The number of anilines is 1. The van der Waals surface area contributed by atoms with Gasteiger partial charge in [-0.25, -0.2) is 27.0 Å². The Morgan fingerprint density at radius 1 is 1.11 bits per heavy atom. The molecule has 54 heavy (non-hydrogen) atoms. The summed E-state index contributed by atoms with van der Waals surface area (Å²) in [7, 11) is -5.86. The zero-order chi connectivity index (χ0) is 39.3. The number of esters is 1. The van der Waals surface area contributed by atoms with E-state index in [4.69, 9.17) is 14.2 Å². The van der Waals surface area contributed by atoms with Crippen molar-refractivity contribution in [2.24, 2.45) is 0 Å². The van der Waals surface area contributed by atoms with Gasteiger partial charge in [0.25, 0.3) is 12.3 Å². The first-order chi connectivity index (χ1) is 25.3. The van der Waals surface area contributed by atoms with E-state index >= 15 is 0 Å². The Kier molecular flexibility index (Phi) is 11.0. The van der Waals surface area contributed by atoms with Gasteiger partial charge < -0.3 is 24.0 Å². The monoisotopic (exact) mass is 808 g/mol. The number of nitriles is 1. The molecule has 1 aliphatic heterocycles. The van der Waals surface area contributed by atoms with Gasteiger partial charge in [-0.15, -0.1) is 10.2 Å². The summed E-state index contributed by atoms with van der Waals surface area (Å²) in [6.45, 7) is 12.7. The van der Waals surface area contributed by atoms with E-state index in [-0.39, 0.29) is 48.1 Å². The molecule has 15 nitrogen and oxygen atoms in total. The lowest BCUT2D eigenvalue weighted by Gasteiger charge is -2.38. The summed E-state index contributed by atoms with van der Waals surface area (Å²) < 4.78 is 75.8. The number of fused-ring (bicyclic) bond motifs is 1. The van der Waals surface area contributed by atoms with Gasteiger partial charge in [0.15, 0.2) is 15.8 Å². The molecule has 0 atom stereocenters. The van der Waals surface area contributed by atoms with Crippen LogP contribution in [-0.2, 0) is 33.8 Å². The topological polar surface area (TPSA) is 173 Å². The predicted octanol–water partition coefficient (Wildman–Crippen LogP) is 4.69. The largest absolute Gasteiger partial charge is 0.458 e. The van der Waals surface area contributed by atoms with Crippen LogP contribution in [0.1, 0.15) is 57.9 Å². The SMILES string of the molecule is CC(C)(C)OC(=O)COC1(C(=O)N2CCN(c3cc(S(=O)(=O)N(COCC[Si](C)(C)C)C4(C#N)CC4)cn4c(-c5nnc(C(F)F)s5)ncc34)CC2)CC1. The number of imidazole rings is 1. The first kappa shape index (κ1) is 40.1. The molecule has 20 heteroatoms. The van der Waals surface area contributed by atoms with Crippen LogP contribution in [0.2, 0.25) is 25.7 Å². The van der Waals surface area contributed by atoms with Gasteiger partial charge in [-0.3, -0.25) is 9.20 Å². The van der Waals surface area contributed by atoms with Crippen molar-refractivity contribution < 1.29 is 41.0 Å². The molecule has 2 saturated carbocycles. The number of rotatable bonds is 15. The summed E-state index contributed by atoms with van der Waals surface area (Å²) in [5, 5.41) is 17.2. The summed E-state index contributed by atoms with van der Waals surface area (Å²) in [6.07, 6.45) is 1.70. The molecule has 6 rings (SSSR count). The second kappa shape index (κ2) is 14.8. The highest BCUT2D eigenvalue weighted by Crippen LogP contribution is 2.45. The Morgan fingerprint density at radius 2 is 1.80 bits per heavy atom. The van der Waals surface area contributed by atoms with Crippen molar-refractivity contribution in [1.82, 2.24) is 28.8 Å². The lowest BCUT2D eigenvalue weighted by atomic mass is 10.2. The number of carbonyl (C=O) groups is 2. The Labute approximate surface area is 318 Å². The first-order valence-electron chi connectivity index (χ1n) is 17.8. The maximum Gasteiger partial charge on any atom is 0.332 e. The number of piperazine rings is 1. The standard InChI is InChI=1S/C34H46F2N8O7S2Si/c1-32(2,3)51-26(45)20-50-34(9-10-34)31(46)42-13-11-41(12-14-42)24-17-23(19-43-25(24)18-38-28(43)30-40-39-29(52-30)27(35)36)53(47,48)44(33(21-37)7-8-33)22-49-15-16-54(4,5)6/h17-19,27H,7-16,20,22H2,1-6H3. The molecule has 0 spiro atoms. The summed E-state index contributed by atoms with van der Waals surface area (Å²) in [5.74, 6) is -0.650. The predicted molar refractivity (Wildman–Crippen MR) is 197 cm³/mol. The van der Waals surface area contributed by atoms with Crippen molar-refractivity contribution in [1.29, 1.82) is 5.26 Å². The number of amides is 1. The number of sulfonamides is 1. The molecule has 294 valence electrons. The molecule has 0 N–H and O–H groups in total. The fourth-order valence-electron chi connectivity index (χ4n) is 6.17. The van der Waals surface area contributed by atoms with Gasteiger partial charge in [0, 0.05) is 47.1 Å². The Hall–Kier alpha value is -3.61. The van der Waals surface area contributed by atoms with Crippen LogP contribution in [-0.4, -0.2) is 120 Å². The van der Waals surface area contributed by atoms with Crippen LogP contribution >= 0.6 is 11.3 Å². The van der Waals surface area contributed by atoms with E-state index in [1.807, 2.05) is 4.90 Å². The van der Waals surface area contributed by atoms with Gasteiger partial charge in [0.2, 0.25) is 10.0 Å². The van der Waals surface area contributed by atoms with Crippen molar-refractivity contribution in [3.05, 3.63) is 23.5 Å². The minimum absolute atomic E-state index is 0.0737. The van der Waals surface area contributed by atoms with E-state index < -0.39 is 52.2 Å². The molecule has 3 aromatic rings. The van der Waals surface area contributed by atoms with Crippen LogP contribution in [0.25, 0.3) is 16.3 Å². The number of hydrogen-bond acceptors (Lipinski definition) is 13. The highest BCUT2D eigenvalue weighted by atomic mass is 32.2. The Morgan fingerprint density at radius 3 is 2.35 bits per heavy atom. The van der Waals surface area contributed by atoms with Gasteiger partial charge in [-0.1, -0.05) is 31.0 Å². The number of pyridine rings is 1. The van der Waals surface area contributed by atoms with Gasteiger partial charge >= 0.3 is 5.97 Å². The molecular formula is C34H46F2N8O7S2Si. The molecule has 0 radical (unpaired) electrons. The third kappa shape index (κ3) is 8.60. The average Bonchev–Trinajstić information content (AvgIpc) is 3.97. The van der Waals surface area contributed by atoms with Crippen LogP contribution < -0.4 is 4.90 Å². The Bertz CT molecular complexity index is 2040. The molecule has 3 aromatic heterocycles. The number of ether oxygens (including phenoxy) is 3. The van der Waals surface area contributed by atoms with E-state index in [1.54, 1.807) is 25.7 Å². The molecule has 1 saturated heterocycles. The third-order valence-electron chi connectivity index (χ3n) is 9.50. The highest BCUT2D eigenvalue weighted by molar-refractivity contribution is 7.89. The number of nitrogens with zero attached hydrogens (tertiary/aromatic N) is 8. The van der Waals surface area contributed by atoms with Crippen molar-refractivity contribution in [2.45, 2.75) is 100 Å². The Balaban J connectivity index is 1.29. The number of carbonyl (C=O) groups excluding carboxylic acids is 2. The van der Waals surface area contributed by atoms with Crippen molar-refractivity contribution in [3.8, 4) is 16.9 Å². The van der Waals surface area contributed by atoms with Gasteiger partial charge in [0.05, 0.1) is 23.5 Å². The van der Waals surface area contributed by atoms with Crippen LogP contribution in [0.4, 0.5) is 14.5 Å². The molecule has 4 heterocycles. The summed E-state index contributed by atoms with van der Waals surface area (Å²) in [5.41, 5.74) is -2.07. The van der Waals surface area contributed by atoms with E-state index in [1.165, 1.54) is 22.9 Å². The van der Waals surface area contributed by atoms with Crippen molar-refractivity contribution in [3.63, 3.8) is 0 Å². The van der Waals surface area contributed by atoms with Gasteiger partial charge in [-0.05, 0) is 58.6 Å². The van der Waals surface area contributed by atoms with Crippen LogP contribution in [0.3, 0.4) is 0 Å². The molecular weight excluding hydrogens is 763 g/mol. The molecule has 0 bridgehead atoms. The van der Waals surface area contributed by atoms with E-state index in [2.05, 4.69) is 40.9 Å². The zero-order valence-corrected chi connectivity index (χ0v) is 33.9. The second-order valence-corrected chi connectivity index (χ2v) is 24.6. The minimum atomic E-state index is -4.37. The summed E-state index contributed by atoms with van der Waals surface area (Å²) in [4.78, 5) is 33.8. The second-order valence-electron chi connectivity index (χ2n) is 16.1. The van der Waals surface area contributed by atoms with Crippen molar-refractivity contribution >= 4 is 52.5 Å². The van der Waals surface area contributed by atoms with E-state index in [9.17, 15) is 32.0 Å².